The molecular formula is C23H24F3N3O3. The summed E-state index contributed by atoms with van der Waals surface area (Å²) >= 11 is 0. The number of likely N-dealkylation sites (N-methyl/N-ethyl adjacent to an activating group) is 2. The average molecular weight is 447 g/mol. The van der Waals surface area contributed by atoms with E-state index in [-0.39, 0.29) is 18.2 Å². The molecule has 2 aromatic carbocycles. The maximum atomic E-state index is 13.2. The number of halogens is 3. The number of ether oxygens (including phenoxy) is 2. The zero-order valence-electron chi connectivity index (χ0n) is 18.2. The minimum absolute atomic E-state index is 0.0304. The van der Waals surface area contributed by atoms with Gasteiger partial charge in [-0.05, 0) is 36.8 Å². The summed E-state index contributed by atoms with van der Waals surface area (Å²) in [7, 11) is 4.74. The van der Waals surface area contributed by atoms with Crippen LogP contribution in [-0.2, 0) is 12.8 Å². The highest BCUT2D eigenvalue weighted by atomic mass is 19.4. The fourth-order valence-corrected chi connectivity index (χ4v) is 3.47. The van der Waals surface area contributed by atoms with Gasteiger partial charge in [0.25, 0.3) is 0 Å². The molecule has 0 unspecified atom stereocenters. The van der Waals surface area contributed by atoms with Gasteiger partial charge < -0.3 is 9.47 Å². The Morgan fingerprint density at radius 2 is 1.84 bits per heavy atom. The molecule has 0 atom stereocenters. The molecule has 0 spiro atoms. The van der Waals surface area contributed by atoms with Crippen molar-refractivity contribution in [1.82, 2.24) is 9.80 Å². The molecule has 32 heavy (non-hydrogen) atoms. The number of nitrogens with zero attached hydrogens (tertiary/aromatic N) is 3. The molecule has 1 aliphatic rings. The lowest BCUT2D eigenvalue weighted by Gasteiger charge is -2.15. The molecule has 2 amide bonds. The Labute approximate surface area is 184 Å². The SMILES string of the molecule is CCN1C(=O)N(C)C(=C\c2ccc(OCc3ccccc3C(F)(F)F)c(OC)c2)/C1=N\C. The van der Waals surface area contributed by atoms with E-state index in [1.807, 2.05) is 6.92 Å². The maximum absolute atomic E-state index is 13.2. The van der Waals surface area contributed by atoms with Gasteiger partial charge in [0.15, 0.2) is 17.3 Å². The Balaban J connectivity index is 1.87. The number of carbonyl (C=O) groups is 1. The van der Waals surface area contributed by atoms with Gasteiger partial charge in [0.05, 0.1) is 18.4 Å². The number of aliphatic imine (C=N–C) groups is 1. The van der Waals surface area contributed by atoms with Crippen LogP contribution in [0.2, 0.25) is 0 Å². The van der Waals surface area contributed by atoms with E-state index < -0.39 is 11.7 Å². The molecule has 6 nitrogen and oxygen atoms in total. The fourth-order valence-electron chi connectivity index (χ4n) is 3.47. The van der Waals surface area contributed by atoms with Gasteiger partial charge in [-0.15, -0.1) is 0 Å². The van der Waals surface area contributed by atoms with Crippen molar-refractivity contribution in [3.05, 3.63) is 64.9 Å². The number of rotatable bonds is 6. The van der Waals surface area contributed by atoms with Crippen molar-refractivity contribution >= 4 is 17.9 Å². The third-order valence-corrected chi connectivity index (χ3v) is 5.09. The molecule has 0 bridgehead atoms. The predicted molar refractivity (Wildman–Crippen MR) is 116 cm³/mol. The van der Waals surface area contributed by atoms with Gasteiger partial charge in [-0.25, -0.2) is 4.79 Å². The first kappa shape index (κ1) is 23.2. The van der Waals surface area contributed by atoms with Crippen molar-refractivity contribution in [3.63, 3.8) is 0 Å². The largest absolute Gasteiger partial charge is 0.493 e. The minimum atomic E-state index is -4.46. The highest BCUT2D eigenvalue weighted by molar-refractivity contribution is 6.16. The van der Waals surface area contributed by atoms with Crippen LogP contribution >= 0.6 is 0 Å². The normalized spacial score (nSPS) is 16.9. The first-order valence-corrected chi connectivity index (χ1v) is 9.91. The van der Waals surface area contributed by atoms with Crippen molar-refractivity contribution in [2.45, 2.75) is 19.7 Å². The van der Waals surface area contributed by atoms with Gasteiger partial charge >= 0.3 is 12.2 Å². The maximum Gasteiger partial charge on any atom is 0.416 e. The summed E-state index contributed by atoms with van der Waals surface area (Å²) < 4.78 is 50.7. The van der Waals surface area contributed by atoms with Crippen LogP contribution in [0, 0.1) is 0 Å². The van der Waals surface area contributed by atoms with Crippen molar-refractivity contribution < 1.29 is 27.4 Å². The molecule has 0 aliphatic carbocycles. The van der Waals surface area contributed by atoms with Crippen LogP contribution < -0.4 is 9.47 Å². The molecule has 3 rings (SSSR count). The zero-order valence-corrected chi connectivity index (χ0v) is 18.2. The number of methoxy groups -OCH3 is 1. The van der Waals surface area contributed by atoms with E-state index in [1.165, 1.54) is 30.2 Å². The molecule has 1 aliphatic heterocycles. The van der Waals surface area contributed by atoms with Crippen LogP contribution in [0.3, 0.4) is 0 Å². The summed E-state index contributed by atoms with van der Waals surface area (Å²) in [6, 6.07) is 10.2. The second-order valence-corrected chi connectivity index (χ2v) is 7.02. The molecule has 0 radical (unpaired) electrons. The lowest BCUT2D eigenvalue weighted by Crippen LogP contribution is -2.31. The summed E-state index contributed by atoms with van der Waals surface area (Å²) in [6.45, 7) is 2.09. The Bertz CT molecular complexity index is 1060. The standard InChI is InChI=1S/C23H24F3N3O3/c1-5-29-21(27-2)18(28(3)22(29)30)12-15-10-11-19(20(13-15)31-4)32-14-16-8-6-7-9-17(16)23(24,25)26/h6-13H,5,14H2,1-4H3/b18-12-,27-21+. The third kappa shape index (κ3) is 4.56. The first-order valence-electron chi connectivity index (χ1n) is 9.91. The Kier molecular flexibility index (Phi) is 6.76. The van der Waals surface area contributed by atoms with Gasteiger partial charge in [-0.2, -0.15) is 13.2 Å². The van der Waals surface area contributed by atoms with E-state index in [4.69, 9.17) is 9.47 Å². The number of alkyl halides is 3. The number of amides is 2. The average Bonchev–Trinajstić information content (AvgIpc) is 3.01. The van der Waals surface area contributed by atoms with Crippen LogP contribution in [-0.4, -0.2) is 49.4 Å². The second-order valence-electron chi connectivity index (χ2n) is 7.02. The molecule has 0 N–H and O–H groups in total. The first-order chi connectivity index (χ1) is 15.2. The van der Waals surface area contributed by atoms with Crippen molar-refractivity contribution in [1.29, 1.82) is 0 Å². The van der Waals surface area contributed by atoms with Crippen molar-refractivity contribution in [2.75, 3.05) is 27.7 Å². The minimum Gasteiger partial charge on any atom is -0.493 e. The fraction of sp³-hybridized carbons (Fsp3) is 0.304. The van der Waals surface area contributed by atoms with E-state index in [2.05, 4.69) is 4.99 Å². The predicted octanol–water partition coefficient (Wildman–Crippen LogP) is 5.05. The molecule has 1 saturated heterocycles. The number of urea groups is 1. The topological polar surface area (TPSA) is 54.4 Å². The van der Waals surface area contributed by atoms with Crippen LogP contribution in [0.25, 0.3) is 6.08 Å². The number of benzene rings is 2. The lowest BCUT2D eigenvalue weighted by atomic mass is 10.1. The van der Waals surface area contributed by atoms with Gasteiger partial charge in [0, 0.05) is 26.2 Å². The summed E-state index contributed by atoms with van der Waals surface area (Å²) in [6.07, 6.45) is -2.67. The van der Waals surface area contributed by atoms with Gasteiger partial charge in [0.2, 0.25) is 0 Å². The molecule has 1 fully saturated rings. The molecule has 9 heteroatoms. The molecule has 0 aromatic heterocycles. The number of hydrogen-bond donors (Lipinski definition) is 0. The molecule has 1 heterocycles. The summed E-state index contributed by atoms with van der Waals surface area (Å²) in [5.74, 6) is 1.23. The number of hydrogen-bond acceptors (Lipinski definition) is 4. The van der Waals surface area contributed by atoms with Crippen LogP contribution in [0.1, 0.15) is 23.6 Å². The van der Waals surface area contributed by atoms with E-state index in [0.29, 0.717) is 29.6 Å². The number of amidine groups is 1. The monoisotopic (exact) mass is 447 g/mol. The quantitative estimate of drug-likeness (QED) is 0.623. The Hall–Kier alpha value is -3.49. The van der Waals surface area contributed by atoms with E-state index in [9.17, 15) is 18.0 Å². The van der Waals surface area contributed by atoms with Crippen LogP contribution in [0.4, 0.5) is 18.0 Å². The van der Waals surface area contributed by atoms with E-state index in [1.54, 1.807) is 43.3 Å². The molecule has 0 saturated carbocycles. The van der Waals surface area contributed by atoms with Gasteiger partial charge in [-0.3, -0.25) is 14.8 Å². The number of carbonyl (C=O) groups excluding carboxylic acids is 1. The molecule has 170 valence electrons. The van der Waals surface area contributed by atoms with Crippen LogP contribution in [0.15, 0.2) is 53.2 Å². The highest BCUT2D eigenvalue weighted by Crippen LogP contribution is 2.34. The summed E-state index contributed by atoms with van der Waals surface area (Å²) in [5.41, 5.74) is 0.650. The zero-order chi connectivity index (χ0) is 23.5. The lowest BCUT2D eigenvalue weighted by molar-refractivity contribution is -0.138. The van der Waals surface area contributed by atoms with Crippen molar-refractivity contribution in [3.8, 4) is 11.5 Å². The Morgan fingerprint density at radius 3 is 2.47 bits per heavy atom. The van der Waals surface area contributed by atoms with Gasteiger partial charge in [-0.1, -0.05) is 24.3 Å². The summed E-state index contributed by atoms with van der Waals surface area (Å²) in [5, 5.41) is 0. The summed E-state index contributed by atoms with van der Waals surface area (Å²) in [4.78, 5) is 19.7. The Morgan fingerprint density at radius 1 is 1.12 bits per heavy atom. The smallest absolute Gasteiger partial charge is 0.416 e. The molecule has 2 aromatic rings. The van der Waals surface area contributed by atoms with Crippen LogP contribution in [0.5, 0.6) is 11.5 Å². The third-order valence-electron chi connectivity index (χ3n) is 5.09. The van der Waals surface area contributed by atoms with Gasteiger partial charge in [0.1, 0.15) is 6.61 Å². The molecular weight excluding hydrogens is 423 g/mol. The highest BCUT2D eigenvalue weighted by Gasteiger charge is 2.35. The second kappa shape index (κ2) is 9.33. The van der Waals surface area contributed by atoms with E-state index in [0.717, 1.165) is 11.6 Å². The van der Waals surface area contributed by atoms with Crippen molar-refractivity contribution in [2.24, 2.45) is 4.99 Å². The van der Waals surface area contributed by atoms with E-state index >= 15 is 0 Å².